The maximum Gasteiger partial charge on any atom is 0.332 e. The van der Waals surface area contributed by atoms with Gasteiger partial charge in [0.25, 0.3) is 0 Å². The number of hydrogen-bond donors (Lipinski definition) is 2. The van der Waals surface area contributed by atoms with Gasteiger partial charge in [0.1, 0.15) is 17.3 Å². The van der Waals surface area contributed by atoms with Gasteiger partial charge in [0.05, 0.1) is 13.3 Å². The summed E-state index contributed by atoms with van der Waals surface area (Å²) in [6.07, 6.45) is 1.37. The maximum atomic E-state index is 10.4. The molecule has 0 saturated heterocycles. The van der Waals surface area contributed by atoms with Crippen molar-refractivity contribution < 1.29 is 13.9 Å². The van der Waals surface area contributed by atoms with Crippen molar-refractivity contribution in [2.45, 2.75) is 0 Å². The number of primary amides is 1. The van der Waals surface area contributed by atoms with Gasteiger partial charge in [-0.2, -0.15) is 5.10 Å². The van der Waals surface area contributed by atoms with Crippen molar-refractivity contribution in [3.63, 3.8) is 0 Å². The lowest BCUT2D eigenvalue weighted by Gasteiger charge is -2.00. The van der Waals surface area contributed by atoms with E-state index in [0.717, 1.165) is 11.3 Å². The van der Waals surface area contributed by atoms with Gasteiger partial charge in [-0.05, 0) is 36.4 Å². The van der Waals surface area contributed by atoms with Gasteiger partial charge in [-0.3, -0.25) is 0 Å². The average molecular weight is 259 g/mol. The molecule has 0 radical (unpaired) electrons. The van der Waals surface area contributed by atoms with Crippen molar-refractivity contribution in [3.05, 3.63) is 42.2 Å². The highest BCUT2D eigenvalue weighted by Crippen LogP contribution is 2.23. The molecule has 0 atom stereocenters. The number of urea groups is 1. The summed E-state index contributed by atoms with van der Waals surface area (Å²) in [5.41, 5.74) is 7.88. The van der Waals surface area contributed by atoms with Crippen LogP contribution < -0.4 is 15.9 Å². The number of ether oxygens (including phenoxy) is 1. The summed E-state index contributed by atoms with van der Waals surface area (Å²) in [6, 6.07) is 10.3. The zero-order chi connectivity index (χ0) is 13.7. The Hall–Kier alpha value is -2.76. The molecule has 1 aromatic carbocycles. The Morgan fingerprint density at radius 2 is 2.05 bits per heavy atom. The Labute approximate surface area is 109 Å². The van der Waals surface area contributed by atoms with Crippen LogP contribution in [-0.4, -0.2) is 19.4 Å². The van der Waals surface area contributed by atoms with E-state index in [9.17, 15) is 4.79 Å². The molecule has 0 aliphatic heterocycles. The van der Waals surface area contributed by atoms with Crippen molar-refractivity contribution in [2.24, 2.45) is 10.8 Å². The van der Waals surface area contributed by atoms with Crippen LogP contribution in [0.5, 0.6) is 5.75 Å². The lowest BCUT2D eigenvalue weighted by molar-refractivity contribution is 0.249. The van der Waals surface area contributed by atoms with E-state index in [1.807, 2.05) is 30.3 Å². The Morgan fingerprint density at radius 3 is 2.68 bits per heavy atom. The van der Waals surface area contributed by atoms with Gasteiger partial charge in [-0.1, -0.05) is 0 Å². The van der Waals surface area contributed by atoms with Crippen LogP contribution in [0, 0.1) is 0 Å². The second kappa shape index (κ2) is 5.72. The third-order valence-electron chi connectivity index (χ3n) is 2.37. The molecule has 2 aromatic rings. The quantitative estimate of drug-likeness (QED) is 0.649. The van der Waals surface area contributed by atoms with Crippen molar-refractivity contribution >= 4 is 12.2 Å². The molecular formula is C13H13N3O3. The fraction of sp³-hybridized carbons (Fsp3) is 0.0769. The van der Waals surface area contributed by atoms with E-state index in [0.29, 0.717) is 11.5 Å². The molecule has 6 heteroatoms. The monoisotopic (exact) mass is 259 g/mol. The molecular weight excluding hydrogens is 246 g/mol. The number of hydrogen-bond acceptors (Lipinski definition) is 4. The van der Waals surface area contributed by atoms with Gasteiger partial charge in [0.2, 0.25) is 0 Å². The molecule has 0 saturated carbocycles. The highest BCUT2D eigenvalue weighted by molar-refractivity contribution is 5.79. The molecule has 0 aliphatic rings. The second-order valence-corrected chi connectivity index (χ2v) is 3.66. The van der Waals surface area contributed by atoms with E-state index in [-0.39, 0.29) is 0 Å². The third-order valence-corrected chi connectivity index (χ3v) is 2.37. The van der Waals surface area contributed by atoms with Crippen LogP contribution in [0.1, 0.15) is 5.76 Å². The summed E-state index contributed by atoms with van der Waals surface area (Å²) in [6.45, 7) is 0. The van der Waals surface area contributed by atoms with Crippen LogP contribution in [0.25, 0.3) is 11.3 Å². The number of rotatable bonds is 4. The number of benzene rings is 1. The minimum atomic E-state index is -0.724. The van der Waals surface area contributed by atoms with Gasteiger partial charge in [-0.15, -0.1) is 0 Å². The number of furan rings is 1. The number of carbonyl (C=O) groups is 1. The van der Waals surface area contributed by atoms with Crippen molar-refractivity contribution in [2.75, 3.05) is 7.11 Å². The number of methoxy groups -OCH3 is 1. The molecule has 0 aliphatic carbocycles. The Balaban J connectivity index is 2.11. The fourth-order valence-electron chi connectivity index (χ4n) is 1.49. The van der Waals surface area contributed by atoms with E-state index in [1.54, 1.807) is 13.2 Å². The largest absolute Gasteiger partial charge is 0.497 e. The highest BCUT2D eigenvalue weighted by Gasteiger charge is 2.03. The van der Waals surface area contributed by atoms with Gasteiger partial charge < -0.3 is 14.9 Å². The number of nitrogens with two attached hydrogens (primary N) is 1. The molecule has 0 bridgehead atoms. The van der Waals surface area contributed by atoms with E-state index in [2.05, 4.69) is 10.5 Å². The number of nitrogens with one attached hydrogen (secondary N) is 1. The van der Waals surface area contributed by atoms with Crippen molar-refractivity contribution in [1.29, 1.82) is 0 Å². The Morgan fingerprint density at radius 1 is 1.32 bits per heavy atom. The Kier molecular flexibility index (Phi) is 3.82. The van der Waals surface area contributed by atoms with E-state index in [4.69, 9.17) is 14.9 Å². The van der Waals surface area contributed by atoms with Gasteiger partial charge >= 0.3 is 6.03 Å². The van der Waals surface area contributed by atoms with Crippen molar-refractivity contribution in [1.82, 2.24) is 5.43 Å². The smallest absolute Gasteiger partial charge is 0.332 e. The Bertz CT molecular complexity index is 587. The van der Waals surface area contributed by atoms with Gasteiger partial charge in [0.15, 0.2) is 0 Å². The molecule has 98 valence electrons. The van der Waals surface area contributed by atoms with Gasteiger partial charge in [0, 0.05) is 5.56 Å². The summed E-state index contributed by atoms with van der Waals surface area (Å²) in [4.78, 5) is 10.4. The normalized spacial score (nSPS) is 10.6. The lowest BCUT2D eigenvalue weighted by Crippen LogP contribution is -2.24. The molecule has 0 unspecified atom stereocenters. The van der Waals surface area contributed by atoms with Crippen LogP contribution in [0.2, 0.25) is 0 Å². The first-order valence-electron chi connectivity index (χ1n) is 5.52. The number of hydrazone groups is 1. The fourth-order valence-corrected chi connectivity index (χ4v) is 1.49. The molecule has 1 aromatic heterocycles. The SMILES string of the molecule is COc1ccc(-c2ccc(/C=N\NC(N)=O)o2)cc1. The van der Waals surface area contributed by atoms with Crippen LogP contribution in [0.15, 0.2) is 45.9 Å². The van der Waals surface area contributed by atoms with Crippen LogP contribution in [-0.2, 0) is 0 Å². The maximum absolute atomic E-state index is 10.4. The number of nitrogens with zero attached hydrogens (tertiary/aromatic N) is 1. The molecule has 0 spiro atoms. The highest BCUT2D eigenvalue weighted by atomic mass is 16.5. The summed E-state index contributed by atoms with van der Waals surface area (Å²) in [5.74, 6) is 1.99. The molecule has 3 N–H and O–H groups in total. The predicted molar refractivity (Wildman–Crippen MR) is 71.0 cm³/mol. The first kappa shape index (κ1) is 12.7. The first-order chi connectivity index (χ1) is 9.19. The lowest BCUT2D eigenvalue weighted by atomic mass is 10.2. The molecule has 2 amide bonds. The molecule has 19 heavy (non-hydrogen) atoms. The second-order valence-electron chi connectivity index (χ2n) is 3.66. The van der Waals surface area contributed by atoms with Crippen molar-refractivity contribution in [3.8, 4) is 17.1 Å². The predicted octanol–water partition coefficient (Wildman–Crippen LogP) is 1.96. The number of amides is 2. The van der Waals surface area contributed by atoms with Crippen LogP contribution >= 0.6 is 0 Å². The molecule has 6 nitrogen and oxygen atoms in total. The minimum absolute atomic E-state index is 0.513. The van der Waals surface area contributed by atoms with E-state index < -0.39 is 6.03 Å². The standard InChI is InChI=1S/C13H13N3O3/c1-18-10-4-2-9(3-5-10)12-7-6-11(19-12)8-15-16-13(14)17/h2-8H,1H3,(H3,14,16,17)/b15-8-. The summed E-state index contributed by atoms with van der Waals surface area (Å²) >= 11 is 0. The number of carbonyl (C=O) groups excluding carboxylic acids is 1. The summed E-state index contributed by atoms with van der Waals surface area (Å²) < 4.78 is 10.6. The topological polar surface area (TPSA) is 89.9 Å². The first-order valence-corrected chi connectivity index (χ1v) is 5.52. The molecule has 0 fully saturated rings. The molecule has 1 heterocycles. The van der Waals surface area contributed by atoms with Crippen LogP contribution in [0.4, 0.5) is 4.79 Å². The van der Waals surface area contributed by atoms with Gasteiger partial charge in [-0.25, -0.2) is 10.2 Å². The molecule has 2 rings (SSSR count). The van der Waals surface area contributed by atoms with E-state index in [1.165, 1.54) is 6.21 Å². The zero-order valence-corrected chi connectivity index (χ0v) is 10.3. The van der Waals surface area contributed by atoms with Crippen LogP contribution in [0.3, 0.4) is 0 Å². The average Bonchev–Trinajstić information content (AvgIpc) is 2.87. The summed E-state index contributed by atoms with van der Waals surface area (Å²) in [5, 5.41) is 3.61. The zero-order valence-electron chi connectivity index (χ0n) is 10.3. The minimum Gasteiger partial charge on any atom is -0.497 e. The third kappa shape index (κ3) is 3.35. The van der Waals surface area contributed by atoms with E-state index >= 15 is 0 Å². The summed E-state index contributed by atoms with van der Waals surface area (Å²) in [7, 11) is 1.61.